The maximum atomic E-state index is 5.58. The largest absolute Gasteiger partial charge is 0.381 e. The van der Waals surface area contributed by atoms with Gasteiger partial charge in [-0.15, -0.1) is 0 Å². The summed E-state index contributed by atoms with van der Waals surface area (Å²) in [4.78, 5) is 9.77. The van der Waals surface area contributed by atoms with Crippen molar-refractivity contribution in [2.24, 2.45) is 4.99 Å². The van der Waals surface area contributed by atoms with Gasteiger partial charge in [0.1, 0.15) is 0 Å². The Kier molecular flexibility index (Phi) is 14.6. The van der Waals surface area contributed by atoms with Crippen LogP contribution in [0.1, 0.15) is 52.9 Å². The maximum Gasteiger partial charge on any atom is 0.191 e. The molecule has 0 unspecified atom stereocenters. The molecule has 1 rings (SSSR count). The average Bonchev–Trinajstić information content (AvgIpc) is 2.67. The van der Waals surface area contributed by atoms with Crippen molar-refractivity contribution in [2.45, 2.75) is 52.9 Å². The predicted octanol–water partition coefficient (Wildman–Crippen LogP) is 2.17. The number of nitrogens with one attached hydrogen (secondary N) is 2. The minimum atomic E-state index is 0.814. The molecule has 26 heavy (non-hydrogen) atoms. The van der Waals surface area contributed by atoms with E-state index < -0.39 is 0 Å². The highest BCUT2D eigenvalue weighted by Crippen LogP contribution is 2.02. The van der Waals surface area contributed by atoms with Crippen molar-refractivity contribution >= 4 is 5.96 Å². The first-order valence-electron chi connectivity index (χ1n) is 10.8. The van der Waals surface area contributed by atoms with E-state index in [9.17, 15) is 0 Å². The molecule has 154 valence electrons. The van der Waals surface area contributed by atoms with Gasteiger partial charge in [0.15, 0.2) is 5.96 Å². The smallest absolute Gasteiger partial charge is 0.191 e. The highest BCUT2D eigenvalue weighted by Gasteiger charge is 2.14. The Morgan fingerprint density at radius 2 is 1.62 bits per heavy atom. The number of nitrogens with zero attached hydrogens (tertiary/aromatic N) is 3. The second kappa shape index (κ2) is 16.3. The number of hydrogen-bond acceptors (Lipinski definition) is 4. The van der Waals surface area contributed by atoms with Gasteiger partial charge in [0.05, 0.1) is 0 Å². The molecule has 1 fully saturated rings. The molecule has 2 N–H and O–H groups in total. The molecule has 0 aromatic heterocycles. The van der Waals surface area contributed by atoms with Crippen LogP contribution in [-0.2, 0) is 4.74 Å². The van der Waals surface area contributed by atoms with E-state index in [0.717, 1.165) is 51.6 Å². The van der Waals surface area contributed by atoms with Gasteiger partial charge in [0.25, 0.3) is 0 Å². The molecular formula is C20H43N5O. The number of rotatable bonds is 14. The van der Waals surface area contributed by atoms with Gasteiger partial charge in [-0.1, -0.05) is 20.3 Å². The molecule has 1 saturated heterocycles. The molecule has 0 bridgehead atoms. The van der Waals surface area contributed by atoms with Gasteiger partial charge in [0, 0.05) is 59.0 Å². The Labute approximate surface area is 161 Å². The van der Waals surface area contributed by atoms with Crippen LogP contribution in [-0.4, -0.2) is 87.9 Å². The van der Waals surface area contributed by atoms with Crippen molar-refractivity contribution in [1.82, 2.24) is 20.4 Å². The third kappa shape index (κ3) is 11.7. The average molecular weight is 370 g/mol. The Morgan fingerprint density at radius 3 is 2.31 bits per heavy atom. The number of likely N-dealkylation sites (N-methyl/N-ethyl adjacent to an activating group) is 1. The Balaban J connectivity index is 2.04. The number of guanidine groups is 1. The highest BCUT2D eigenvalue weighted by molar-refractivity contribution is 5.79. The third-order valence-electron chi connectivity index (χ3n) is 4.81. The lowest BCUT2D eigenvalue weighted by molar-refractivity contribution is 0.130. The topological polar surface area (TPSA) is 52.1 Å². The van der Waals surface area contributed by atoms with Crippen LogP contribution >= 0.6 is 0 Å². The van der Waals surface area contributed by atoms with Crippen LogP contribution in [0.5, 0.6) is 0 Å². The summed E-state index contributed by atoms with van der Waals surface area (Å²) in [7, 11) is 0. The Morgan fingerprint density at radius 1 is 0.885 bits per heavy atom. The van der Waals surface area contributed by atoms with Gasteiger partial charge < -0.3 is 25.2 Å². The van der Waals surface area contributed by atoms with Gasteiger partial charge in [0.2, 0.25) is 0 Å². The first-order valence-corrected chi connectivity index (χ1v) is 10.8. The van der Waals surface area contributed by atoms with Crippen LogP contribution in [0.3, 0.4) is 0 Å². The fourth-order valence-corrected chi connectivity index (χ4v) is 3.04. The molecule has 0 amide bonds. The first-order chi connectivity index (χ1) is 12.8. The molecule has 0 atom stereocenters. The molecule has 1 aliphatic heterocycles. The fourth-order valence-electron chi connectivity index (χ4n) is 3.04. The highest BCUT2D eigenvalue weighted by atomic mass is 16.5. The summed E-state index contributed by atoms with van der Waals surface area (Å²) in [6.45, 7) is 18.3. The zero-order valence-electron chi connectivity index (χ0n) is 17.6. The molecule has 0 radical (unpaired) electrons. The van der Waals surface area contributed by atoms with Gasteiger partial charge in [-0.2, -0.15) is 0 Å². The van der Waals surface area contributed by atoms with E-state index in [0.29, 0.717) is 0 Å². The van der Waals surface area contributed by atoms with Crippen LogP contribution in [0, 0.1) is 0 Å². The second-order valence-electron chi connectivity index (χ2n) is 6.99. The minimum Gasteiger partial charge on any atom is -0.381 e. The minimum absolute atomic E-state index is 0.814. The van der Waals surface area contributed by atoms with Crippen molar-refractivity contribution < 1.29 is 4.74 Å². The molecule has 0 spiro atoms. The molecule has 6 heteroatoms. The van der Waals surface area contributed by atoms with Crippen molar-refractivity contribution in [3.05, 3.63) is 0 Å². The summed E-state index contributed by atoms with van der Waals surface area (Å²) in [6, 6.07) is 0. The predicted molar refractivity (Wildman–Crippen MR) is 112 cm³/mol. The molecule has 0 aromatic carbocycles. The van der Waals surface area contributed by atoms with Crippen LogP contribution in [0.15, 0.2) is 4.99 Å². The lowest BCUT2D eigenvalue weighted by Crippen LogP contribution is -2.46. The molecule has 6 nitrogen and oxygen atoms in total. The van der Waals surface area contributed by atoms with E-state index in [-0.39, 0.29) is 0 Å². The molecule has 0 aromatic rings. The summed E-state index contributed by atoms with van der Waals surface area (Å²) in [5.74, 6) is 0.942. The molecular weight excluding hydrogens is 326 g/mol. The number of hydrogen-bond donors (Lipinski definition) is 2. The van der Waals surface area contributed by atoms with E-state index in [1.54, 1.807) is 0 Å². The SMILES string of the molecule is CCCCOCCCN=C(NCC)NCCCCN1CCN(CC)CC1. The van der Waals surface area contributed by atoms with Gasteiger partial charge in [-0.05, 0) is 45.7 Å². The maximum absolute atomic E-state index is 5.58. The zero-order valence-corrected chi connectivity index (χ0v) is 17.6. The van der Waals surface area contributed by atoms with Crippen LogP contribution in [0.4, 0.5) is 0 Å². The quantitative estimate of drug-likeness (QED) is 0.279. The van der Waals surface area contributed by atoms with Crippen LogP contribution in [0.2, 0.25) is 0 Å². The van der Waals surface area contributed by atoms with E-state index >= 15 is 0 Å². The first kappa shape index (κ1) is 23.2. The molecule has 1 heterocycles. The summed E-state index contributed by atoms with van der Waals surface area (Å²) in [5.41, 5.74) is 0. The number of piperazine rings is 1. The van der Waals surface area contributed by atoms with E-state index in [1.807, 2.05) is 0 Å². The zero-order chi connectivity index (χ0) is 18.9. The van der Waals surface area contributed by atoms with Crippen LogP contribution in [0.25, 0.3) is 0 Å². The fraction of sp³-hybridized carbons (Fsp3) is 0.950. The van der Waals surface area contributed by atoms with Crippen molar-refractivity contribution in [3.8, 4) is 0 Å². The van der Waals surface area contributed by atoms with Crippen molar-refractivity contribution in [2.75, 3.05) is 72.1 Å². The van der Waals surface area contributed by atoms with Gasteiger partial charge in [-0.25, -0.2) is 0 Å². The monoisotopic (exact) mass is 369 g/mol. The number of unbranched alkanes of at least 4 members (excludes halogenated alkanes) is 2. The van der Waals surface area contributed by atoms with E-state index in [4.69, 9.17) is 4.74 Å². The standard InChI is InChI=1S/C20H43N5O/c1-4-7-18-26-19-10-12-23-20(21-5-2)22-11-8-9-13-25-16-14-24(6-3)15-17-25/h4-19H2,1-3H3,(H2,21,22,23). The normalized spacial score (nSPS) is 16.8. The van der Waals surface area contributed by atoms with Gasteiger partial charge in [-0.3, -0.25) is 4.99 Å². The summed E-state index contributed by atoms with van der Waals surface area (Å²) >= 11 is 0. The lowest BCUT2D eigenvalue weighted by Gasteiger charge is -2.34. The molecule has 0 aliphatic carbocycles. The van der Waals surface area contributed by atoms with E-state index in [1.165, 1.54) is 58.5 Å². The molecule has 0 saturated carbocycles. The van der Waals surface area contributed by atoms with E-state index in [2.05, 4.69) is 46.2 Å². The number of aliphatic imine (C=N–C) groups is 1. The summed E-state index contributed by atoms with van der Waals surface area (Å²) in [6.07, 6.45) is 5.79. The summed E-state index contributed by atoms with van der Waals surface area (Å²) < 4.78 is 5.58. The Bertz CT molecular complexity index is 343. The number of ether oxygens (including phenoxy) is 1. The Hall–Kier alpha value is -0.850. The lowest BCUT2D eigenvalue weighted by atomic mass is 10.2. The second-order valence-corrected chi connectivity index (χ2v) is 6.99. The van der Waals surface area contributed by atoms with Crippen LogP contribution < -0.4 is 10.6 Å². The summed E-state index contributed by atoms with van der Waals surface area (Å²) in [5, 5.41) is 6.78. The van der Waals surface area contributed by atoms with Gasteiger partial charge >= 0.3 is 0 Å². The van der Waals surface area contributed by atoms with Crippen molar-refractivity contribution in [3.63, 3.8) is 0 Å². The molecule has 1 aliphatic rings. The third-order valence-corrected chi connectivity index (χ3v) is 4.81. The van der Waals surface area contributed by atoms with Crippen molar-refractivity contribution in [1.29, 1.82) is 0 Å².